The van der Waals surface area contributed by atoms with Crippen molar-refractivity contribution >= 4 is 5.97 Å². The number of carbonyl (C=O) groups is 1. The highest BCUT2D eigenvalue weighted by molar-refractivity contribution is 5.88. The summed E-state index contributed by atoms with van der Waals surface area (Å²) in [6.45, 7) is 1.08. The van der Waals surface area contributed by atoms with Crippen LogP contribution in [0.15, 0.2) is 30.5 Å². The van der Waals surface area contributed by atoms with E-state index < -0.39 is 5.97 Å². The number of benzene rings is 1. The van der Waals surface area contributed by atoms with E-state index >= 15 is 0 Å². The second kappa shape index (κ2) is 6.31. The van der Waals surface area contributed by atoms with Gasteiger partial charge in [-0.1, -0.05) is 24.3 Å². The molecule has 1 aromatic heterocycles. The number of aromatic carboxylic acids is 1. The Morgan fingerprint density at radius 2 is 1.90 bits per heavy atom. The van der Waals surface area contributed by atoms with Crippen LogP contribution in [0.3, 0.4) is 0 Å². The molecule has 0 unspecified atom stereocenters. The Hall–Kier alpha value is -2.18. The highest BCUT2D eigenvalue weighted by atomic mass is 16.4. The number of nitrogens with one attached hydrogen (secondary N) is 1. The molecule has 6 heteroatoms. The van der Waals surface area contributed by atoms with Gasteiger partial charge >= 0.3 is 5.97 Å². The second-order valence-electron chi connectivity index (χ2n) is 4.51. The lowest BCUT2D eigenvalue weighted by molar-refractivity contribution is 0.0695. The van der Waals surface area contributed by atoms with Crippen molar-refractivity contribution in [3.63, 3.8) is 0 Å². The molecule has 0 amide bonds. The number of aryl methyl sites for hydroxylation is 1. The zero-order valence-electron chi connectivity index (χ0n) is 11.2. The summed E-state index contributed by atoms with van der Waals surface area (Å²) in [4.78, 5) is 11.0. The van der Waals surface area contributed by atoms with Crippen LogP contribution in [0, 0.1) is 0 Å². The molecule has 0 spiro atoms. The highest BCUT2D eigenvalue weighted by Crippen LogP contribution is 2.08. The molecule has 3 N–H and O–H groups in total. The molecule has 0 aliphatic carbocycles. The molecule has 1 aromatic carbocycles. The van der Waals surface area contributed by atoms with Crippen molar-refractivity contribution in [2.45, 2.75) is 19.7 Å². The Kier molecular flexibility index (Phi) is 4.49. The van der Waals surface area contributed by atoms with Gasteiger partial charge in [0.15, 0.2) is 0 Å². The monoisotopic (exact) mass is 275 g/mol. The molecule has 1 heterocycles. The molecule has 0 atom stereocenters. The normalized spacial score (nSPS) is 10.7. The van der Waals surface area contributed by atoms with Gasteiger partial charge < -0.3 is 15.5 Å². The van der Waals surface area contributed by atoms with Crippen molar-refractivity contribution in [3.05, 3.63) is 52.8 Å². The summed E-state index contributed by atoms with van der Waals surface area (Å²) >= 11 is 0. The molecule has 106 valence electrons. The van der Waals surface area contributed by atoms with E-state index in [0.717, 1.165) is 11.1 Å². The van der Waals surface area contributed by atoms with Crippen LogP contribution < -0.4 is 5.32 Å². The van der Waals surface area contributed by atoms with Crippen LogP contribution in [-0.4, -0.2) is 26.0 Å². The number of carboxylic acid groups (broad SMARTS) is 1. The Balaban J connectivity index is 1.95. The number of hydrogen-bond acceptors (Lipinski definition) is 4. The number of carboxylic acids is 1. The van der Waals surface area contributed by atoms with Crippen molar-refractivity contribution in [2.24, 2.45) is 7.05 Å². The summed E-state index contributed by atoms with van der Waals surface area (Å²) in [6.07, 6.45) is 1.36. The molecular weight excluding hydrogens is 258 g/mol. The number of aliphatic hydroxyl groups excluding tert-OH is 1. The number of aliphatic hydroxyl groups is 1. The van der Waals surface area contributed by atoms with Crippen LogP contribution in [0.2, 0.25) is 0 Å². The zero-order chi connectivity index (χ0) is 14.5. The first kappa shape index (κ1) is 14.2. The molecule has 0 saturated carbocycles. The van der Waals surface area contributed by atoms with Crippen LogP contribution in [0.5, 0.6) is 0 Å². The van der Waals surface area contributed by atoms with E-state index in [1.54, 1.807) is 11.7 Å². The van der Waals surface area contributed by atoms with Gasteiger partial charge in [-0.3, -0.25) is 4.68 Å². The van der Waals surface area contributed by atoms with E-state index in [2.05, 4.69) is 10.4 Å². The van der Waals surface area contributed by atoms with Crippen molar-refractivity contribution in [1.82, 2.24) is 15.1 Å². The van der Waals surface area contributed by atoms with Crippen LogP contribution >= 0.6 is 0 Å². The topological polar surface area (TPSA) is 87.4 Å². The first-order valence-corrected chi connectivity index (χ1v) is 6.25. The first-order chi connectivity index (χ1) is 9.61. The standard InChI is InChI=1S/C14H17N3O3/c1-17-13(12(7-16-17)14(19)20)8-15-6-10-2-4-11(9-18)5-3-10/h2-5,7,15,18H,6,8-9H2,1H3,(H,19,20). The zero-order valence-corrected chi connectivity index (χ0v) is 11.2. The number of rotatable bonds is 6. The maximum absolute atomic E-state index is 11.0. The highest BCUT2D eigenvalue weighted by Gasteiger charge is 2.14. The van der Waals surface area contributed by atoms with Crippen LogP contribution in [0.25, 0.3) is 0 Å². The summed E-state index contributed by atoms with van der Waals surface area (Å²) in [5.41, 5.74) is 2.80. The van der Waals surface area contributed by atoms with Gasteiger partial charge in [0, 0.05) is 20.1 Å². The molecule has 0 saturated heterocycles. The molecule has 2 aromatic rings. The summed E-state index contributed by atoms with van der Waals surface area (Å²) in [5, 5.41) is 25.2. The van der Waals surface area contributed by atoms with Gasteiger partial charge in [-0.15, -0.1) is 0 Å². The summed E-state index contributed by atoms with van der Waals surface area (Å²) in [5.74, 6) is -0.970. The Bertz CT molecular complexity index is 590. The van der Waals surface area contributed by atoms with E-state index in [-0.39, 0.29) is 12.2 Å². The predicted molar refractivity (Wildman–Crippen MR) is 73.1 cm³/mol. The molecule has 6 nitrogen and oxygen atoms in total. The summed E-state index contributed by atoms with van der Waals surface area (Å²) < 4.78 is 1.56. The number of aromatic nitrogens is 2. The Morgan fingerprint density at radius 1 is 1.25 bits per heavy atom. The quantitative estimate of drug-likeness (QED) is 0.729. The SMILES string of the molecule is Cn1ncc(C(=O)O)c1CNCc1ccc(CO)cc1. The van der Waals surface area contributed by atoms with E-state index in [1.165, 1.54) is 6.20 Å². The fraction of sp³-hybridized carbons (Fsp3) is 0.286. The van der Waals surface area contributed by atoms with Gasteiger partial charge in [0.1, 0.15) is 5.56 Å². The smallest absolute Gasteiger partial charge is 0.339 e. The lowest BCUT2D eigenvalue weighted by atomic mass is 10.1. The third-order valence-corrected chi connectivity index (χ3v) is 3.12. The molecule has 0 fully saturated rings. The summed E-state index contributed by atoms with van der Waals surface area (Å²) in [7, 11) is 1.72. The molecule has 0 aliphatic heterocycles. The third-order valence-electron chi connectivity index (χ3n) is 3.12. The Labute approximate surface area is 116 Å². The first-order valence-electron chi connectivity index (χ1n) is 6.25. The Morgan fingerprint density at radius 3 is 2.50 bits per heavy atom. The molecule has 2 rings (SSSR count). The van der Waals surface area contributed by atoms with Crippen molar-refractivity contribution in [2.75, 3.05) is 0 Å². The van der Waals surface area contributed by atoms with Crippen LogP contribution in [0.4, 0.5) is 0 Å². The van der Waals surface area contributed by atoms with Gasteiger partial charge in [0.25, 0.3) is 0 Å². The maximum Gasteiger partial charge on any atom is 0.339 e. The third kappa shape index (κ3) is 3.23. The molecule has 0 radical (unpaired) electrons. The number of nitrogens with zero attached hydrogens (tertiary/aromatic N) is 2. The van der Waals surface area contributed by atoms with Crippen LogP contribution in [0.1, 0.15) is 27.2 Å². The van der Waals surface area contributed by atoms with Crippen molar-refractivity contribution < 1.29 is 15.0 Å². The van der Waals surface area contributed by atoms with Gasteiger partial charge in [-0.2, -0.15) is 5.10 Å². The molecule has 0 aliphatic rings. The lowest BCUT2D eigenvalue weighted by Crippen LogP contribution is -2.17. The van der Waals surface area contributed by atoms with Gasteiger partial charge in [0.2, 0.25) is 0 Å². The van der Waals surface area contributed by atoms with E-state index in [4.69, 9.17) is 10.2 Å². The van der Waals surface area contributed by atoms with Gasteiger partial charge in [0.05, 0.1) is 18.5 Å². The maximum atomic E-state index is 11.0. The van der Waals surface area contributed by atoms with Crippen LogP contribution in [-0.2, 0) is 26.7 Å². The van der Waals surface area contributed by atoms with E-state index in [0.29, 0.717) is 18.8 Å². The average molecular weight is 275 g/mol. The predicted octanol–water partition coefficient (Wildman–Crippen LogP) is 0.900. The fourth-order valence-electron chi connectivity index (χ4n) is 1.94. The molecule has 0 bridgehead atoms. The largest absolute Gasteiger partial charge is 0.478 e. The van der Waals surface area contributed by atoms with E-state index in [1.807, 2.05) is 24.3 Å². The minimum Gasteiger partial charge on any atom is -0.478 e. The second-order valence-corrected chi connectivity index (χ2v) is 4.51. The number of hydrogen-bond donors (Lipinski definition) is 3. The van der Waals surface area contributed by atoms with Gasteiger partial charge in [-0.05, 0) is 11.1 Å². The molecular formula is C14H17N3O3. The minimum absolute atomic E-state index is 0.0324. The molecule has 20 heavy (non-hydrogen) atoms. The minimum atomic E-state index is -0.970. The fourth-order valence-corrected chi connectivity index (χ4v) is 1.94. The summed E-state index contributed by atoms with van der Waals surface area (Å²) in [6, 6.07) is 7.59. The lowest BCUT2D eigenvalue weighted by Gasteiger charge is -2.07. The van der Waals surface area contributed by atoms with Gasteiger partial charge in [-0.25, -0.2) is 4.79 Å². The van der Waals surface area contributed by atoms with E-state index in [9.17, 15) is 4.79 Å². The van der Waals surface area contributed by atoms with Crippen molar-refractivity contribution in [1.29, 1.82) is 0 Å². The average Bonchev–Trinajstić information content (AvgIpc) is 2.81. The van der Waals surface area contributed by atoms with Crippen molar-refractivity contribution in [3.8, 4) is 0 Å².